The lowest BCUT2D eigenvalue weighted by molar-refractivity contribution is 0.394. The second-order valence-electron chi connectivity index (χ2n) is 6.52. The van der Waals surface area contributed by atoms with E-state index in [4.69, 9.17) is 21.1 Å². The van der Waals surface area contributed by atoms with Gasteiger partial charge in [-0.25, -0.2) is 4.98 Å². The largest absolute Gasteiger partial charge is 0.369 e. The van der Waals surface area contributed by atoms with Crippen molar-refractivity contribution in [3.63, 3.8) is 0 Å². The summed E-state index contributed by atoms with van der Waals surface area (Å²) >= 11 is 5.95. The molecule has 27 heavy (non-hydrogen) atoms. The van der Waals surface area contributed by atoms with Crippen molar-refractivity contribution in [2.24, 2.45) is 0 Å². The first-order valence-electron chi connectivity index (χ1n) is 8.79. The average Bonchev–Trinajstić information content (AvgIpc) is 3.09. The fourth-order valence-corrected chi connectivity index (χ4v) is 3.11. The SMILES string of the molecule is Cc1ccc2nc(NCCc3ccc(Cl)cc3)c(-c3noc(C)n3)cc2c1. The van der Waals surface area contributed by atoms with Crippen LogP contribution in [-0.2, 0) is 6.42 Å². The lowest BCUT2D eigenvalue weighted by Crippen LogP contribution is -2.08. The average molecular weight is 379 g/mol. The topological polar surface area (TPSA) is 63.8 Å². The fraction of sp³-hybridized carbons (Fsp3) is 0.190. The minimum atomic E-state index is 0.529. The smallest absolute Gasteiger partial charge is 0.223 e. The van der Waals surface area contributed by atoms with E-state index in [1.54, 1.807) is 6.92 Å². The van der Waals surface area contributed by atoms with Gasteiger partial charge in [-0.2, -0.15) is 4.98 Å². The minimum absolute atomic E-state index is 0.529. The van der Waals surface area contributed by atoms with Crippen molar-refractivity contribution in [3.8, 4) is 11.4 Å². The zero-order valence-corrected chi connectivity index (χ0v) is 15.9. The highest BCUT2D eigenvalue weighted by Crippen LogP contribution is 2.29. The molecule has 0 aliphatic carbocycles. The van der Waals surface area contributed by atoms with Gasteiger partial charge in [0.2, 0.25) is 11.7 Å². The number of hydrogen-bond donors (Lipinski definition) is 1. The monoisotopic (exact) mass is 378 g/mol. The lowest BCUT2D eigenvalue weighted by Gasteiger charge is -2.11. The van der Waals surface area contributed by atoms with Crippen LogP contribution in [-0.4, -0.2) is 21.7 Å². The maximum Gasteiger partial charge on any atom is 0.223 e. The molecular formula is C21H19ClN4O. The summed E-state index contributed by atoms with van der Waals surface area (Å²) in [5, 5.41) is 9.29. The molecule has 0 unspecified atom stereocenters. The van der Waals surface area contributed by atoms with Crippen LogP contribution in [0, 0.1) is 13.8 Å². The van der Waals surface area contributed by atoms with E-state index in [-0.39, 0.29) is 0 Å². The number of nitrogens with zero attached hydrogens (tertiary/aromatic N) is 3. The fourth-order valence-electron chi connectivity index (χ4n) is 2.99. The van der Waals surface area contributed by atoms with Gasteiger partial charge >= 0.3 is 0 Å². The second-order valence-corrected chi connectivity index (χ2v) is 6.96. The first-order valence-corrected chi connectivity index (χ1v) is 9.17. The molecule has 4 aromatic rings. The Morgan fingerprint density at radius 1 is 1.00 bits per heavy atom. The summed E-state index contributed by atoms with van der Waals surface area (Å²) in [5.41, 5.74) is 4.16. The molecule has 0 saturated heterocycles. The molecule has 1 N–H and O–H groups in total. The van der Waals surface area contributed by atoms with Gasteiger partial charge in [-0.1, -0.05) is 40.5 Å². The molecule has 2 aromatic heterocycles. The highest BCUT2D eigenvalue weighted by Gasteiger charge is 2.14. The molecule has 0 bridgehead atoms. The third-order valence-electron chi connectivity index (χ3n) is 4.36. The number of hydrogen-bond acceptors (Lipinski definition) is 5. The summed E-state index contributed by atoms with van der Waals surface area (Å²) in [6.45, 7) is 4.58. The molecule has 0 spiro atoms. The van der Waals surface area contributed by atoms with Crippen molar-refractivity contribution in [3.05, 3.63) is 70.6 Å². The normalized spacial score (nSPS) is 11.1. The molecule has 0 saturated carbocycles. The van der Waals surface area contributed by atoms with Crippen LogP contribution in [0.5, 0.6) is 0 Å². The van der Waals surface area contributed by atoms with Crippen molar-refractivity contribution in [1.29, 1.82) is 0 Å². The van der Waals surface area contributed by atoms with Gasteiger partial charge in [-0.05, 0) is 49.2 Å². The number of halogens is 1. The van der Waals surface area contributed by atoms with Crippen molar-refractivity contribution in [2.45, 2.75) is 20.3 Å². The lowest BCUT2D eigenvalue weighted by atomic mass is 10.1. The molecule has 0 atom stereocenters. The highest BCUT2D eigenvalue weighted by atomic mass is 35.5. The number of pyridine rings is 1. The maximum absolute atomic E-state index is 5.95. The third kappa shape index (κ3) is 3.93. The zero-order chi connectivity index (χ0) is 18.8. The number of benzene rings is 2. The van der Waals surface area contributed by atoms with Crippen LogP contribution in [0.25, 0.3) is 22.3 Å². The van der Waals surface area contributed by atoms with E-state index in [9.17, 15) is 0 Å². The first-order chi connectivity index (χ1) is 13.1. The summed E-state index contributed by atoms with van der Waals surface area (Å²) < 4.78 is 5.17. The minimum Gasteiger partial charge on any atom is -0.369 e. The van der Waals surface area contributed by atoms with Crippen LogP contribution in [0.3, 0.4) is 0 Å². The summed E-state index contributed by atoms with van der Waals surface area (Å²) in [5.74, 6) is 1.82. The quantitative estimate of drug-likeness (QED) is 0.516. The van der Waals surface area contributed by atoms with Crippen LogP contribution in [0.4, 0.5) is 5.82 Å². The van der Waals surface area contributed by atoms with E-state index in [1.807, 2.05) is 30.3 Å². The van der Waals surface area contributed by atoms with Crippen LogP contribution >= 0.6 is 11.6 Å². The molecule has 2 heterocycles. The molecule has 4 rings (SSSR count). The number of anilines is 1. The van der Waals surface area contributed by atoms with Gasteiger partial charge in [0, 0.05) is 23.9 Å². The third-order valence-corrected chi connectivity index (χ3v) is 4.61. The van der Waals surface area contributed by atoms with Crippen molar-refractivity contribution in [1.82, 2.24) is 15.1 Å². The van der Waals surface area contributed by atoms with Crippen LogP contribution in [0.15, 0.2) is 53.1 Å². The Balaban J connectivity index is 1.65. The Hall–Kier alpha value is -2.92. The van der Waals surface area contributed by atoms with Crippen LogP contribution < -0.4 is 5.32 Å². The Labute approximate surface area is 162 Å². The molecule has 2 aromatic carbocycles. The number of nitrogens with one attached hydrogen (secondary N) is 1. The van der Waals surface area contributed by atoms with Gasteiger partial charge in [-0.15, -0.1) is 0 Å². The van der Waals surface area contributed by atoms with E-state index in [1.165, 1.54) is 11.1 Å². The van der Waals surface area contributed by atoms with E-state index < -0.39 is 0 Å². The van der Waals surface area contributed by atoms with Crippen LogP contribution in [0.2, 0.25) is 5.02 Å². The standard InChI is InChI=1S/C21H19ClN4O/c1-13-3-8-19-16(11-13)12-18(21-24-14(2)27-26-21)20(25-19)23-10-9-15-4-6-17(22)7-5-15/h3-8,11-12H,9-10H2,1-2H3,(H,23,25). The van der Waals surface area contributed by atoms with Gasteiger partial charge in [0.15, 0.2) is 0 Å². The summed E-state index contributed by atoms with van der Waals surface area (Å²) in [6.07, 6.45) is 0.857. The number of aromatic nitrogens is 3. The molecule has 0 radical (unpaired) electrons. The first kappa shape index (κ1) is 17.5. The van der Waals surface area contributed by atoms with Gasteiger partial charge in [-0.3, -0.25) is 0 Å². The zero-order valence-electron chi connectivity index (χ0n) is 15.2. The van der Waals surface area contributed by atoms with E-state index in [0.717, 1.165) is 40.3 Å². The predicted octanol–water partition coefficient (Wildman–Crippen LogP) is 5.21. The molecule has 0 amide bonds. The van der Waals surface area contributed by atoms with E-state index >= 15 is 0 Å². The van der Waals surface area contributed by atoms with Gasteiger partial charge in [0.25, 0.3) is 0 Å². The Morgan fingerprint density at radius 3 is 2.56 bits per heavy atom. The Morgan fingerprint density at radius 2 is 1.81 bits per heavy atom. The van der Waals surface area contributed by atoms with E-state index in [2.05, 4.69) is 40.6 Å². The van der Waals surface area contributed by atoms with Gasteiger partial charge in [0.05, 0.1) is 11.1 Å². The van der Waals surface area contributed by atoms with Gasteiger partial charge in [0.1, 0.15) is 5.82 Å². The second kappa shape index (κ2) is 7.37. The van der Waals surface area contributed by atoms with Crippen LogP contribution in [0.1, 0.15) is 17.0 Å². The number of rotatable bonds is 5. The molecule has 136 valence electrons. The van der Waals surface area contributed by atoms with Gasteiger partial charge < -0.3 is 9.84 Å². The van der Waals surface area contributed by atoms with Crippen molar-refractivity contribution in [2.75, 3.05) is 11.9 Å². The number of aryl methyl sites for hydroxylation is 2. The summed E-state index contributed by atoms with van der Waals surface area (Å²) in [6, 6.07) is 16.1. The molecule has 0 aliphatic heterocycles. The van der Waals surface area contributed by atoms with Crippen molar-refractivity contribution >= 4 is 28.3 Å². The summed E-state index contributed by atoms with van der Waals surface area (Å²) in [7, 11) is 0. The molecular weight excluding hydrogens is 360 g/mol. The van der Waals surface area contributed by atoms with E-state index in [0.29, 0.717) is 11.7 Å². The molecule has 0 fully saturated rings. The summed E-state index contributed by atoms with van der Waals surface area (Å²) in [4.78, 5) is 9.17. The highest BCUT2D eigenvalue weighted by molar-refractivity contribution is 6.30. The molecule has 6 heteroatoms. The number of fused-ring (bicyclic) bond motifs is 1. The molecule has 0 aliphatic rings. The maximum atomic E-state index is 5.95. The van der Waals surface area contributed by atoms with Crippen molar-refractivity contribution < 1.29 is 4.52 Å². The predicted molar refractivity (Wildman–Crippen MR) is 108 cm³/mol. The Kier molecular flexibility index (Phi) is 4.77. The Bertz CT molecular complexity index is 1090. The molecule has 5 nitrogen and oxygen atoms in total.